The summed E-state index contributed by atoms with van der Waals surface area (Å²) in [5.74, 6) is -0.197. The molecule has 1 saturated heterocycles. The molecule has 24 heavy (non-hydrogen) atoms. The first kappa shape index (κ1) is 18.2. The number of nitrogens with two attached hydrogens (primary N) is 1. The maximum absolute atomic E-state index is 12.1. The smallest absolute Gasteiger partial charge is 0.238 e. The van der Waals surface area contributed by atoms with Gasteiger partial charge in [0.05, 0.1) is 12.5 Å². The Morgan fingerprint density at radius 1 is 1.33 bits per heavy atom. The Labute approximate surface area is 142 Å². The molecule has 0 aliphatic carbocycles. The normalized spacial score (nSPS) is 21.2. The fourth-order valence-corrected chi connectivity index (χ4v) is 2.68. The number of hydrogen-bond donors (Lipinski definition) is 4. The second-order valence-corrected chi connectivity index (χ2v) is 6.10. The molecule has 1 aromatic carbocycles. The van der Waals surface area contributed by atoms with Gasteiger partial charge in [-0.25, -0.2) is 5.43 Å². The predicted molar refractivity (Wildman–Crippen MR) is 91.1 cm³/mol. The predicted octanol–water partition coefficient (Wildman–Crippen LogP) is 0.101. The van der Waals surface area contributed by atoms with Gasteiger partial charge in [0.2, 0.25) is 11.8 Å². The van der Waals surface area contributed by atoms with E-state index < -0.39 is 11.8 Å². The zero-order chi connectivity index (χ0) is 17.5. The molecule has 3 atom stereocenters. The Hall–Kier alpha value is -2.12. The molecule has 1 aromatic rings. The van der Waals surface area contributed by atoms with Crippen molar-refractivity contribution in [2.45, 2.75) is 38.8 Å². The molecule has 0 saturated carbocycles. The number of rotatable bonds is 8. The van der Waals surface area contributed by atoms with Crippen molar-refractivity contribution in [2.24, 2.45) is 11.7 Å². The number of nitrogens with one attached hydrogen (secondary N) is 3. The minimum absolute atomic E-state index is 0.121. The number of amides is 2. The first-order valence-corrected chi connectivity index (χ1v) is 8.29. The van der Waals surface area contributed by atoms with E-state index in [4.69, 9.17) is 10.5 Å². The number of benzene rings is 1. The molecule has 5 N–H and O–H groups in total. The van der Waals surface area contributed by atoms with Crippen molar-refractivity contribution in [3.63, 3.8) is 0 Å². The maximum atomic E-state index is 12.1. The molecule has 0 bridgehead atoms. The summed E-state index contributed by atoms with van der Waals surface area (Å²) in [5, 5.41) is 2.81. The van der Waals surface area contributed by atoms with E-state index in [9.17, 15) is 9.59 Å². The molecule has 2 rings (SSSR count). The third-order valence-electron chi connectivity index (χ3n) is 4.05. The topological polar surface area (TPSA) is 105 Å². The van der Waals surface area contributed by atoms with E-state index >= 15 is 0 Å². The summed E-state index contributed by atoms with van der Waals surface area (Å²) in [6.07, 6.45) is 1.20. The summed E-state index contributed by atoms with van der Waals surface area (Å²) in [5.41, 5.74) is 12.4. The summed E-state index contributed by atoms with van der Waals surface area (Å²) in [6, 6.07) is 7.52. The van der Waals surface area contributed by atoms with Crippen LogP contribution in [-0.2, 0) is 16.0 Å². The molecule has 132 valence electrons. The molecule has 1 aliphatic rings. The van der Waals surface area contributed by atoms with Crippen molar-refractivity contribution in [3.8, 4) is 5.75 Å². The van der Waals surface area contributed by atoms with E-state index in [-0.39, 0.29) is 24.5 Å². The van der Waals surface area contributed by atoms with Gasteiger partial charge in [-0.3, -0.25) is 15.0 Å². The van der Waals surface area contributed by atoms with Crippen molar-refractivity contribution in [1.29, 1.82) is 0 Å². The van der Waals surface area contributed by atoms with Crippen LogP contribution in [0.4, 0.5) is 0 Å². The average Bonchev–Trinajstić information content (AvgIpc) is 2.99. The molecular weight excluding hydrogens is 308 g/mol. The molecule has 7 nitrogen and oxygen atoms in total. The van der Waals surface area contributed by atoms with Gasteiger partial charge in [-0.05, 0) is 44.4 Å². The summed E-state index contributed by atoms with van der Waals surface area (Å²) >= 11 is 0. The number of carbonyl (C=O) groups is 2. The van der Waals surface area contributed by atoms with Gasteiger partial charge >= 0.3 is 0 Å². The molecule has 1 heterocycles. The van der Waals surface area contributed by atoms with E-state index in [2.05, 4.69) is 16.2 Å². The molecular formula is C17H26N4O3. The molecule has 0 aromatic heterocycles. The van der Waals surface area contributed by atoms with Crippen LogP contribution in [-0.4, -0.2) is 37.0 Å². The fourth-order valence-electron chi connectivity index (χ4n) is 2.68. The number of hydrazine groups is 1. The van der Waals surface area contributed by atoms with Crippen LogP contribution in [0.3, 0.4) is 0 Å². The highest BCUT2D eigenvalue weighted by molar-refractivity contribution is 5.83. The van der Waals surface area contributed by atoms with Crippen LogP contribution in [0, 0.1) is 5.92 Å². The second-order valence-electron chi connectivity index (χ2n) is 6.10. The zero-order valence-corrected chi connectivity index (χ0v) is 14.2. The quantitative estimate of drug-likeness (QED) is 0.540. The van der Waals surface area contributed by atoms with Crippen molar-refractivity contribution >= 4 is 11.8 Å². The van der Waals surface area contributed by atoms with Gasteiger partial charge in [-0.2, -0.15) is 0 Å². The Morgan fingerprint density at radius 3 is 2.58 bits per heavy atom. The largest absolute Gasteiger partial charge is 0.494 e. The fraction of sp³-hybridized carbons (Fsp3) is 0.529. The minimum atomic E-state index is -0.446. The Morgan fingerprint density at radius 2 is 2.04 bits per heavy atom. The van der Waals surface area contributed by atoms with Crippen LogP contribution in [0.1, 0.15) is 25.8 Å². The standard InChI is InChI=1S/C17H26N4O3/c1-3-24-14-6-4-12(5-7-14)9-13(16(18)22)10-19-17(23)15-8-11(2)20-21-15/h4-7,11,13,15,20-21H,3,8-10H2,1-2H3,(H2,18,22)(H,19,23). The molecule has 1 fully saturated rings. The lowest BCUT2D eigenvalue weighted by Gasteiger charge is -2.16. The van der Waals surface area contributed by atoms with Crippen LogP contribution in [0.15, 0.2) is 24.3 Å². The van der Waals surface area contributed by atoms with Crippen molar-refractivity contribution in [1.82, 2.24) is 16.2 Å². The van der Waals surface area contributed by atoms with Gasteiger partial charge in [0.15, 0.2) is 0 Å². The first-order valence-electron chi connectivity index (χ1n) is 8.29. The monoisotopic (exact) mass is 334 g/mol. The van der Waals surface area contributed by atoms with Gasteiger partial charge in [0.1, 0.15) is 11.8 Å². The van der Waals surface area contributed by atoms with Gasteiger partial charge in [-0.1, -0.05) is 12.1 Å². The molecule has 0 spiro atoms. The van der Waals surface area contributed by atoms with Crippen molar-refractivity contribution in [3.05, 3.63) is 29.8 Å². The highest BCUT2D eigenvalue weighted by atomic mass is 16.5. The van der Waals surface area contributed by atoms with Crippen molar-refractivity contribution in [2.75, 3.05) is 13.2 Å². The zero-order valence-electron chi connectivity index (χ0n) is 14.2. The Balaban J connectivity index is 1.87. The van der Waals surface area contributed by atoms with Gasteiger partial charge in [0, 0.05) is 12.6 Å². The Bertz CT molecular complexity index is 561. The van der Waals surface area contributed by atoms with Gasteiger partial charge < -0.3 is 15.8 Å². The first-order chi connectivity index (χ1) is 11.5. The van der Waals surface area contributed by atoms with Crippen LogP contribution < -0.4 is 26.6 Å². The van der Waals surface area contributed by atoms with Crippen molar-refractivity contribution < 1.29 is 14.3 Å². The van der Waals surface area contributed by atoms with Crippen LogP contribution in [0.2, 0.25) is 0 Å². The third kappa shape index (κ3) is 5.21. The highest BCUT2D eigenvalue weighted by Gasteiger charge is 2.27. The highest BCUT2D eigenvalue weighted by Crippen LogP contribution is 2.15. The summed E-state index contributed by atoms with van der Waals surface area (Å²) in [6.45, 7) is 4.76. The van der Waals surface area contributed by atoms with Crippen LogP contribution >= 0.6 is 0 Å². The van der Waals surface area contributed by atoms with E-state index in [1.165, 1.54) is 0 Å². The molecule has 1 aliphatic heterocycles. The number of hydrogen-bond acceptors (Lipinski definition) is 5. The SMILES string of the molecule is CCOc1ccc(CC(CNC(=O)C2CC(C)NN2)C(N)=O)cc1. The number of ether oxygens (including phenoxy) is 1. The van der Waals surface area contributed by atoms with Crippen LogP contribution in [0.5, 0.6) is 5.75 Å². The molecule has 3 unspecified atom stereocenters. The summed E-state index contributed by atoms with van der Waals surface area (Å²) in [7, 11) is 0. The lowest BCUT2D eigenvalue weighted by Crippen LogP contribution is -2.46. The maximum Gasteiger partial charge on any atom is 0.238 e. The lowest BCUT2D eigenvalue weighted by atomic mass is 9.98. The van der Waals surface area contributed by atoms with Gasteiger partial charge in [0.25, 0.3) is 0 Å². The van der Waals surface area contributed by atoms with Gasteiger partial charge in [-0.15, -0.1) is 0 Å². The number of carbonyl (C=O) groups excluding carboxylic acids is 2. The van der Waals surface area contributed by atoms with E-state index in [1.807, 2.05) is 38.1 Å². The van der Waals surface area contributed by atoms with Crippen LogP contribution in [0.25, 0.3) is 0 Å². The van der Waals surface area contributed by atoms with E-state index in [0.29, 0.717) is 19.4 Å². The summed E-state index contributed by atoms with van der Waals surface area (Å²) < 4.78 is 5.40. The Kier molecular flexibility index (Phi) is 6.57. The molecule has 0 radical (unpaired) electrons. The molecule has 2 amide bonds. The second kappa shape index (κ2) is 8.65. The third-order valence-corrected chi connectivity index (χ3v) is 4.05. The number of primary amides is 1. The average molecular weight is 334 g/mol. The van der Waals surface area contributed by atoms with E-state index in [0.717, 1.165) is 11.3 Å². The molecule has 7 heteroatoms. The van der Waals surface area contributed by atoms with E-state index in [1.54, 1.807) is 0 Å². The lowest BCUT2D eigenvalue weighted by molar-refractivity contribution is -0.124. The minimum Gasteiger partial charge on any atom is -0.494 e. The summed E-state index contributed by atoms with van der Waals surface area (Å²) in [4.78, 5) is 23.8.